The average Bonchev–Trinajstić information content (AvgIpc) is 3.47. The maximum absolute atomic E-state index is 12.6. The van der Waals surface area contributed by atoms with E-state index >= 15 is 0 Å². The van der Waals surface area contributed by atoms with Gasteiger partial charge in [0.1, 0.15) is 0 Å². The average molecular weight is 403 g/mol. The first kappa shape index (κ1) is 18.6. The van der Waals surface area contributed by atoms with Crippen molar-refractivity contribution in [3.05, 3.63) is 94.4 Å². The summed E-state index contributed by atoms with van der Waals surface area (Å²) in [5.41, 5.74) is 2.79. The van der Waals surface area contributed by atoms with Crippen LogP contribution in [0.15, 0.2) is 78.4 Å². The maximum Gasteiger partial charge on any atom is 0.261 e. The third kappa shape index (κ3) is 4.39. The van der Waals surface area contributed by atoms with Crippen LogP contribution in [0.2, 0.25) is 0 Å². The fourth-order valence-electron chi connectivity index (χ4n) is 2.76. The topological polar surface area (TPSA) is 88.9 Å². The third-order valence-corrected chi connectivity index (χ3v) is 5.10. The molecule has 0 aliphatic heterocycles. The number of rotatable bonds is 6. The second-order valence-electron chi connectivity index (χ2n) is 6.18. The van der Waals surface area contributed by atoms with E-state index in [1.807, 2.05) is 47.8 Å². The Morgan fingerprint density at radius 1 is 0.966 bits per heavy atom. The molecule has 2 aromatic carbocycles. The highest BCUT2D eigenvalue weighted by atomic mass is 32.1. The molecule has 0 fully saturated rings. The fraction of sp³-hybridized carbons (Fsp3) is 0.0476. The molecule has 4 rings (SSSR count). The monoisotopic (exact) mass is 403 g/mol. The summed E-state index contributed by atoms with van der Waals surface area (Å²) >= 11 is 1.40. The number of carbonyl (C=O) groups excluding carboxylic acids is 2. The minimum atomic E-state index is -0.230. The molecule has 0 aliphatic rings. The second-order valence-corrected chi connectivity index (χ2v) is 7.12. The molecule has 0 spiro atoms. The Hall–Kier alpha value is -3.78. The third-order valence-electron chi connectivity index (χ3n) is 4.24. The van der Waals surface area contributed by atoms with Gasteiger partial charge in [-0.2, -0.15) is 0 Å². The Labute approximate surface area is 171 Å². The molecule has 2 aromatic heterocycles. The van der Waals surface area contributed by atoms with Crippen LogP contribution in [0.5, 0.6) is 0 Å². The molecule has 0 atom stereocenters. The van der Waals surface area contributed by atoms with Crippen molar-refractivity contribution >= 4 is 28.8 Å². The lowest BCUT2D eigenvalue weighted by Gasteiger charge is -2.11. The van der Waals surface area contributed by atoms with Gasteiger partial charge >= 0.3 is 0 Å². The Bertz CT molecular complexity index is 1110. The molecule has 0 aliphatic carbocycles. The molecule has 0 bridgehead atoms. The van der Waals surface area contributed by atoms with Crippen molar-refractivity contribution in [3.8, 4) is 5.69 Å². The first-order valence-electron chi connectivity index (χ1n) is 8.88. The van der Waals surface area contributed by atoms with Crippen molar-refractivity contribution in [1.29, 1.82) is 0 Å². The van der Waals surface area contributed by atoms with E-state index in [-0.39, 0.29) is 11.8 Å². The van der Waals surface area contributed by atoms with E-state index in [2.05, 4.69) is 20.9 Å². The van der Waals surface area contributed by atoms with Gasteiger partial charge in [0.25, 0.3) is 11.8 Å². The highest BCUT2D eigenvalue weighted by Crippen LogP contribution is 2.19. The molecule has 2 heterocycles. The van der Waals surface area contributed by atoms with Crippen LogP contribution < -0.4 is 10.6 Å². The summed E-state index contributed by atoms with van der Waals surface area (Å²) in [5, 5.41) is 15.4. The van der Waals surface area contributed by atoms with Crippen molar-refractivity contribution in [3.63, 3.8) is 0 Å². The minimum Gasteiger partial charge on any atom is -0.347 e. The second kappa shape index (κ2) is 8.49. The first-order valence-corrected chi connectivity index (χ1v) is 9.76. The van der Waals surface area contributed by atoms with Gasteiger partial charge in [0.2, 0.25) is 0 Å². The Kier molecular flexibility index (Phi) is 5.44. The highest BCUT2D eigenvalue weighted by molar-refractivity contribution is 7.12. The first-order chi connectivity index (χ1) is 14.2. The predicted molar refractivity (Wildman–Crippen MR) is 111 cm³/mol. The van der Waals surface area contributed by atoms with Crippen molar-refractivity contribution in [2.24, 2.45) is 0 Å². The summed E-state index contributed by atoms with van der Waals surface area (Å²) in [6.45, 7) is 0.397. The number of nitrogens with one attached hydrogen (secondary N) is 2. The number of amides is 2. The molecule has 0 unspecified atom stereocenters. The van der Waals surface area contributed by atoms with Gasteiger partial charge in [-0.05, 0) is 41.3 Å². The number of carbonyl (C=O) groups is 2. The van der Waals surface area contributed by atoms with Crippen molar-refractivity contribution in [2.75, 3.05) is 5.32 Å². The van der Waals surface area contributed by atoms with Gasteiger partial charge in [0.05, 0.1) is 28.6 Å². The molecule has 2 N–H and O–H groups in total. The molecule has 144 valence electrons. The maximum atomic E-state index is 12.6. The van der Waals surface area contributed by atoms with Gasteiger partial charge in [-0.15, -0.1) is 16.4 Å². The molecule has 7 nitrogen and oxygen atoms in total. The lowest BCUT2D eigenvalue weighted by atomic mass is 10.1. The van der Waals surface area contributed by atoms with E-state index in [9.17, 15) is 9.59 Å². The van der Waals surface area contributed by atoms with Crippen LogP contribution in [-0.4, -0.2) is 26.8 Å². The summed E-state index contributed by atoms with van der Waals surface area (Å²) in [4.78, 5) is 25.3. The number of para-hydroxylation sites is 2. The quantitative estimate of drug-likeness (QED) is 0.516. The van der Waals surface area contributed by atoms with Crippen molar-refractivity contribution < 1.29 is 9.59 Å². The molecular formula is C21H17N5O2S. The number of aromatic nitrogens is 3. The van der Waals surface area contributed by atoms with E-state index in [0.29, 0.717) is 22.7 Å². The van der Waals surface area contributed by atoms with Crippen LogP contribution >= 0.6 is 11.3 Å². The van der Waals surface area contributed by atoms with Gasteiger partial charge < -0.3 is 10.6 Å². The van der Waals surface area contributed by atoms with Crippen LogP contribution in [0, 0.1) is 0 Å². The van der Waals surface area contributed by atoms with Crippen LogP contribution in [0.1, 0.15) is 25.6 Å². The number of benzene rings is 2. The molecule has 4 aromatic rings. The fourth-order valence-corrected chi connectivity index (χ4v) is 3.40. The van der Waals surface area contributed by atoms with Gasteiger partial charge in [0.15, 0.2) is 0 Å². The van der Waals surface area contributed by atoms with E-state index in [1.54, 1.807) is 35.3 Å². The lowest BCUT2D eigenvalue weighted by Crippen LogP contribution is -2.21. The zero-order valence-electron chi connectivity index (χ0n) is 15.3. The number of hydrogen-bond acceptors (Lipinski definition) is 5. The SMILES string of the molecule is O=C(Nc1ccccc1-n1ccnn1)c1ccc(CNC(=O)c2cccs2)cc1. The number of anilines is 1. The van der Waals surface area contributed by atoms with Crippen LogP contribution in [0.25, 0.3) is 5.69 Å². The molecule has 8 heteroatoms. The molecule has 0 radical (unpaired) electrons. The van der Waals surface area contributed by atoms with Crippen molar-refractivity contribution in [2.45, 2.75) is 6.54 Å². The zero-order chi connectivity index (χ0) is 20.1. The van der Waals surface area contributed by atoms with Crippen LogP contribution in [0.3, 0.4) is 0 Å². The van der Waals surface area contributed by atoms with Gasteiger partial charge in [-0.25, -0.2) is 4.68 Å². The summed E-state index contributed by atoms with van der Waals surface area (Å²) in [6.07, 6.45) is 3.29. The molecule has 0 saturated carbocycles. The van der Waals surface area contributed by atoms with Crippen molar-refractivity contribution in [1.82, 2.24) is 20.3 Å². The van der Waals surface area contributed by atoms with E-state index in [4.69, 9.17) is 0 Å². The number of hydrogen-bond donors (Lipinski definition) is 2. The zero-order valence-corrected chi connectivity index (χ0v) is 16.1. The summed E-state index contributed by atoms with van der Waals surface area (Å²) in [7, 11) is 0. The number of nitrogens with zero attached hydrogens (tertiary/aromatic N) is 3. The predicted octanol–water partition coefficient (Wildman–Crippen LogP) is 3.51. The number of thiophene rings is 1. The van der Waals surface area contributed by atoms with Gasteiger partial charge in [-0.1, -0.05) is 35.5 Å². The van der Waals surface area contributed by atoms with Crippen LogP contribution in [-0.2, 0) is 6.54 Å². The van der Waals surface area contributed by atoms with E-state index in [1.165, 1.54) is 11.3 Å². The summed E-state index contributed by atoms with van der Waals surface area (Å²) in [5.74, 6) is -0.335. The van der Waals surface area contributed by atoms with E-state index < -0.39 is 0 Å². The largest absolute Gasteiger partial charge is 0.347 e. The highest BCUT2D eigenvalue weighted by Gasteiger charge is 2.11. The molecule has 29 heavy (non-hydrogen) atoms. The Morgan fingerprint density at radius 3 is 2.52 bits per heavy atom. The van der Waals surface area contributed by atoms with Gasteiger partial charge in [-0.3, -0.25) is 9.59 Å². The Morgan fingerprint density at radius 2 is 1.79 bits per heavy atom. The summed E-state index contributed by atoms with van der Waals surface area (Å²) in [6, 6.07) is 18.1. The molecular weight excluding hydrogens is 386 g/mol. The normalized spacial score (nSPS) is 10.5. The Balaban J connectivity index is 1.41. The smallest absolute Gasteiger partial charge is 0.261 e. The van der Waals surface area contributed by atoms with Crippen LogP contribution in [0.4, 0.5) is 5.69 Å². The van der Waals surface area contributed by atoms with Gasteiger partial charge in [0, 0.05) is 12.1 Å². The standard InChI is InChI=1S/C21H17N5O2S/c27-20(24-17-4-1-2-5-18(17)26-12-11-23-25-26)16-9-7-15(8-10-16)14-22-21(28)19-6-3-13-29-19/h1-13H,14H2,(H,22,28)(H,24,27). The van der Waals surface area contributed by atoms with E-state index in [0.717, 1.165) is 11.3 Å². The minimum absolute atomic E-state index is 0.105. The molecule has 0 saturated heterocycles. The molecule has 2 amide bonds. The lowest BCUT2D eigenvalue weighted by molar-refractivity contribution is 0.0953. The summed E-state index contributed by atoms with van der Waals surface area (Å²) < 4.78 is 1.59.